The van der Waals surface area contributed by atoms with E-state index < -0.39 is 0 Å². The predicted octanol–water partition coefficient (Wildman–Crippen LogP) is 5.01. The van der Waals surface area contributed by atoms with Gasteiger partial charge in [-0.3, -0.25) is 0 Å². The summed E-state index contributed by atoms with van der Waals surface area (Å²) in [6.45, 7) is 5.14. The van der Waals surface area contributed by atoms with E-state index in [1.54, 1.807) is 11.3 Å². The van der Waals surface area contributed by atoms with Crippen molar-refractivity contribution in [1.29, 1.82) is 0 Å². The highest BCUT2D eigenvalue weighted by molar-refractivity contribution is 9.11. The smallest absolute Gasteiger partial charge is 0.0702 e. The summed E-state index contributed by atoms with van der Waals surface area (Å²) in [5, 5.41) is 4.86. The third-order valence-electron chi connectivity index (χ3n) is 3.57. The molecule has 0 fully saturated rings. The van der Waals surface area contributed by atoms with Gasteiger partial charge in [0.05, 0.1) is 10.3 Å². The van der Waals surface area contributed by atoms with Gasteiger partial charge in [-0.25, -0.2) is 0 Å². The molecule has 110 valence electrons. The highest BCUT2D eigenvalue weighted by atomic mass is 79.9. The Morgan fingerprint density at radius 2 is 2.05 bits per heavy atom. The zero-order valence-corrected chi connectivity index (χ0v) is 14.5. The molecule has 0 unspecified atom stereocenters. The second kappa shape index (κ2) is 6.77. The van der Waals surface area contributed by atoms with Gasteiger partial charge in [-0.1, -0.05) is 25.1 Å². The van der Waals surface area contributed by atoms with Gasteiger partial charge in [0.15, 0.2) is 0 Å². The minimum Gasteiger partial charge on any atom is -0.342 e. The fourth-order valence-electron chi connectivity index (χ4n) is 2.60. The van der Waals surface area contributed by atoms with Gasteiger partial charge in [0.25, 0.3) is 0 Å². The molecule has 0 bridgehead atoms. The third-order valence-corrected chi connectivity index (χ3v) is 5.18. The first-order chi connectivity index (χ1) is 10.3. The Kier molecular flexibility index (Phi) is 4.78. The molecule has 0 saturated carbocycles. The molecule has 0 saturated heterocycles. The van der Waals surface area contributed by atoms with Crippen LogP contribution in [0.3, 0.4) is 0 Å². The number of benzene rings is 1. The molecule has 3 rings (SSSR count). The Balaban J connectivity index is 1.90. The first-order valence-corrected chi connectivity index (χ1v) is 8.90. The van der Waals surface area contributed by atoms with Crippen molar-refractivity contribution in [3.8, 4) is 0 Å². The molecule has 0 aliphatic heterocycles. The number of hydrogen-bond acceptors (Lipinski definition) is 2. The monoisotopic (exact) mass is 362 g/mol. The number of thiophene rings is 1. The van der Waals surface area contributed by atoms with Crippen LogP contribution in [0.2, 0.25) is 0 Å². The first-order valence-electron chi connectivity index (χ1n) is 7.29. The van der Waals surface area contributed by atoms with Crippen molar-refractivity contribution in [2.45, 2.75) is 26.4 Å². The summed E-state index contributed by atoms with van der Waals surface area (Å²) < 4.78 is 3.55. The van der Waals surface area contributed by atoms with E-state index in [0.717, 1.165) is 19.6 Å². The molecule has 2 heterocycles. The van der Waals surface area contributed by atoms with Crippen LogP contribution in [0.15, 0.2) is 46.4 Å². The zero-order chi connectivity index (χ0) is 14.7. The van der Waals surface area contributed by atoms with Crippen LogP contribution in [0.1, 0.15) is 23.8 Å². The fourth-order valence-corrected chi connectivity index (χ4v) is 4.08. The summed E-state index contributed by atoms with van der Waals surface area (Å²) in [5.41, 5.74) is 2.70. The quantitative estimate of drug-likeness (QED) is 0.609. The Labute approximate surface area is 137 Å². The highest BCUT2D eigenvalue weighted by Crippen LogP contribution is 2.26. The lowest BCUT2D eigenvalue weighted by atomic mass is 10.2. The molecule has 1 N–H and O–H groups in total. The van der Waals surface area contributed by atoms with E-state index in [4.69, 9.17) is 0 Å². The average molecular weight is 363 g/mol. The third kappa shape index (κ3) is 3.39. The SMILES string of the molecule is CCCNCc1cn(Cc2ccc(Br)s2)c2ccccc12. The van der Waals surface area contributed by atoms with Crippen molar-refractivity contribution in [2.24, 2.45) is 0 Å². The fraction of sp³-hybridized carbons (Fsp3) is 0.294. The van der Waals surface area contributed by atoms with Crippen molar-refractivity contribution >= 4 is 38.2 Å². The van der Waals surface area contributed by atoms with Gasteiger partial charge >= 0.3 is 0 Å². The van der Waals surface area contributed by atoms with E-state index in [9.17, 15) is 0 Å². The molecular formula is C17H19BrN2S. The van der Waals surface area contributed by atoms with E-state index in [1.165, 1.54) is 31.6 Å². The summed E-state index contributed by atoms with van der Waals surface area (Å²) >= 11 is 5.34. The molecule has 0 radical (unpaired) electrons. The number of nitrogens with one attached hydrogen (secondary N) is 1. The molecule has 2 aromatic heterocycles. The van der Waals surface area contributed by atoms with E-state index in [2.05, 4.69) is 75.3 Å². The van der Waals surface area contributed by atoms with Crippen LogP contribution in [-0.4, -0.2) is 11.1 Å². The summed E-state index contributed by atoms with van der Waals surface area (Å²) in [6.07, 6.45) is 3.46. The molecule has 0 aliphatic rings. The Hall–Kier alpha value is -1.10. The van der Waals surface area contributed by atoms with Crippen LogP contribution in [-0.2, 0) is 13.1 Å². The predicted molar refractivity (Wildman–Crippen MR) is 95.1 cm³/mol. The summed E-state index contributed by atoms with van der Waals surface area (Å²) in [6, 6.07) is 13.0. The molecular weight excluding hydrogens is 344 g/mol. The molecule has 1 aromatic carbocycles. The molecule has 4 heteroatoms. The number of aromatic nitrogens is 1. The number of hydrogen-bond donors (Lipinski definition) is 1. The van der Waals surface area contributed by atoms with Gasteiger partial charge in [0.1, 0.15) is 0 Å². The van der Waals surface area contributed by atoms with Crippen LogP contribution in [0, 0.1) is 0 Å². The van der Waals surface area contributed by atoms with E-state index in [-0.39, 0.29) is 0 Å². The Morgan fingerprint density at radius 3 is 2.81 bits per heavy atom. The van der Waals surface area contributed by atoms with Gasteiger partial charge in [-0.05, 0) is 52.7 Å². The summed E-state index contributed by atoms with van der Waals surface area (Å²) in [4.78, 5) is 1.37. The van der Waals surface area contributed by atoms with Gasteiger partial charge in [0.2, 0.25) is 0 Å². The van der Waals surface area contributed by atoms with Gasteiger partial charge in [-0.2, -0.15) is 0 Å². The maximum absolute atomic E-state index is 3.54. The van der Waals surface area contributed by atoms with E-state index >= 15 is 0 Å². The van der Waals surface area contributed by atoms with Gasteiger partial charge in [0, 0.05) is 28.5 Å². The molecule has 21 heavy (non-hydrogen) atoms. The lowest BCUT2D eigenvalue weighted by molar-refractivity contribution is 0.675. The normalized spacial score (nSPS) is 11.3. The summed E-state index contributed by atoms with van der Waals surface area (Å²) in [5.74, 6) is 0. The zero-order valence-electron chi connectivity index (χ0n) is 12.1. The highest BCUT2D eigenvalue weighted by Gasteiger charge is 2.09. The van der Waals surface area contributed by atoms with Crippen molar-refractivity contribution < 1.29 is 0 Å². The number of fused-ring (bicyclic) bond motifs is 1. The molecule has 2 nitrogen and oxygen atoms in total. The second-order valence-corrected chi connectivity index (χ2v) is 7.73. The number of halogens is 1. The molecule has 0 spiro atoms. The maximum atomic E-state index is 3.54. The van der Waals surface area contributed by atoms with Crippen LogP contribution < -0.4 is 5.32 Å². The van der Waals surface area contributed by atoms with Gasteiger partial charge < -0.3 is 9.88 Å². The molecule has 0 aliphatic carbocycles. The molecule has 0 amide bonds. The van der Waals surface area contributed by atoms with Crippen LogP contribution in [0.4, 0.5) is 0 Å². The minimum atomic E-state index is 0.935. The summed E-state index contributed by atoms with van der Waals surface area (Å²) in [7, 11) is 0. The van der Waals surface area contributed by atoms with Crippen LogP contribution >= 0.6 is 27.3 Å². The van der Waals surface area contributed by atoms with Crippen molar-refractivity contribution in [3.05, 3.63) is 56.8 Å². The van der Waals surface area contributed by atoms with Crippen molar-refractivity contribution in [3.63, 3.8) is 0 Å². The number of rotatable bonds is 6. The second-order valence-electron chi connectivity index (χ2n) is 5.18. The minimum absolute atomic E-state index is 0.935. The maximum Gasteiger partial charge on any atom is 0.0702 e. The van der Waals surface area contributed by atoms with Crippen molar-refractivity contribution in [2.75, 3.05) is 6.54 Å². The van der Waals surface area contributed by atoms with Crippen LogP contribution in [0.5, 0.6) is 0 Å². The van der Waals surface area contributed by atoms with E-state index in [1.807, 2.05) is 0 Å². The molecule has 3 aromatic rings. The lowest BCUT2D eigenvalue weighted by Crippen LogP contribution is -2.13. The van der Waals surface area contributed by atoms with Crippen molar-refractivity contribution in [1.82, 2.24) is 9.88 Å². The topological polar surface area (TPSA) is 17.0 Å². The van der Waals surface area contributed by atoms with Crippen LogP contribution in [0.25, 0.3) is 10.9 Å². The van der Waals surface area contributed by atoms with Gasteiger partial charge in [-0.15, -0.1) is 11.3 Å². The standard InChI is InChI=1S/C17H19BrN2S/c1-2-9-19-10-13-11-20(12-14-7-8-17(18)21-14)16-6-4-3-5-15(13)16/h3-8,11,19H,2,9-10,12H2,1H3. The average Bonchev–Trinajstić information content (AvgIpc) is 3.05. The largest absolute Gasteiger partial charge is 0.342 e. The Morgan fingerprint density at radius 1 is 1.19 bits per heavy atom. The van der Waals surface area contributed by atoms with E-state index in [0.29, 0.717) is 0 Å². The Bertz CT molecular complexity index is 729. The lowest BCUT2D eigenvalue weighted by Gasteiger charge is -2.02. The molecule has 0 atom stereocenters. The number of nitrogens with zero attached hydrogens (tertiary/aromatic N) is 1. The number of para-hydroxylation sites is 1. The first kappa shape index (κ1) is 14.8.